The van der Waals surface area contributed by atoms with E-state index in [1.807, 2.05) is 30.3 Å². The number of nitrogens with zero attached hydrogens (tertiary/aromatic N) is 3. The van der Waals surface area contributed by atoms with Crippen LogP contribution in [0.2, 0.25) is 0 Å². The molecule has 8 heteroatoms. The molecule has 2 aromatic rings. The van der Waals surface area contributed by atoms with E-state index in [-0.39, 0.29) is 18.5 Å². The van der Waals surface area contributed by atoms with Gasteiger partial charge in [0.05, 0.1) is 24.6 Å². The summed E-state index contributed by atoms with van der Waals surface area (Å²) in [5.41, 5.74) is 10.4. The van der Waals surface area contributed by atoms with Crippen LogP contribution in [0.3, 0.4) is 0 Å². The third-order valence-corrected chi connectivity index (χ3v) is 5.31. The highest BCUT2D eigenvalue weighted by molar-refractivity contribution is 5.95. The van der Waals surface area contributed by atoms with Gasteiger partial charge in [0.15, 0.2) is 0 Å². The predicted octanol–water partition coefficient (Wildman–Crippen LogP) is 4.41. The molecule has 1 aliphatic carbocycles. The third kappa shape index (κ3) is 5.99. The summed E-state index contributed by atoms with van der Waals surface area (Å²) in [6, 6.07) is 15.5. The van der Waals surface area contributed by atoms with Crippen molar-refractivity contribution in [1.29, 1.82) is 0 Å². The van der Waals surface area contributed by atoms with E-state index in [1.54, 1.807) is 31.2 Å². The van der Waals surface area contributed by atoms with E-state index in [0.29, 0.717) is 30.8 Å². The lowest BCUT2D eigenvalue weighted by Crippen LogP contribution is -2.52. The van der Waals surface area contributed by atoms with Gasteiger partial charge in [-0.15, -0.1) is 0 Å². The van der Waals surface area contributed by atoms with Gasteiger partial charge < -0.3 is 14.8 Å². The highest BCUT2D eigenvalue weighted by Crippen LogP contribution is 2.29. The van der Waals surface area contributed by atoms with Crippen molar-refractivity contribution in [2.24, 2.45) is 11.0 Å². The number of carbonyl (C=O) groups excluding carboxylic acids is 2. The zero-order valence-electron chi connectivity index (χ0n) is 17.4. The topological polar surface area (TPSA) is 113 Å². The minimum Gasteiger partial charge on any atom is -0.489 e. The molecule has 0 aliphatic heterocycles. The van der Waals surface area contributed by atoms with Crippen LogP contribution in [0.4, 0.5) is 0 Å². The van der Waals surface area contributed by atoms with Crippen LogP contribution < -0.4 is 10.1 Å². The number of nitrogens with one attached hydrogen (secondary N) is 1. The molecule has 1 N–H and O–H groups in total. The Morgan fingerprint density at radius 3 is 2.55 bits per heavy atom. The average Bonchev–Trinajstić information content (AvgIpc) is 2.80. The number of hydrogen-bond donors (Lipinski definition) is 1. The van der Waals surface area contributed by atoms with Crippen LogP contribution in [0, 0.1) is 5.92 Å². The number of rotatable bonds is 8. The van der Waals surface area contributed by atoms with Crippen molar-refractivity contribution in [1.82, 2.24) is 5.32 Å². The molecule has 162 valence electrons. The summed E-state index contributed by atoms with van der Waals surface area (Å²) in [7, 11) is 0. The molecule has 0 radical (unpaired) electrons. The van der Waals surface area contributed by atoms with Crippen molar-refractivity contribution < 1.29 is 19.1 Å². The normalized spacial score (nSPS) is 20.2. The SMILES string of the molecule is CCOC(=O)[C@H]1CCCC(N=[N+]=[N-])C1NC(=O)c1ccc(OCc2ccccc2)cc1. The van der Waals surface area contributed by atoms with Crippen LogP contribution >= 0.6 is 0 Å². The Balaban J connectivity index is 1.67. The molecule has 0 aromatic heterocycles. The molecule has 1 amide bonds. The van der Waals surface area contributed by atoms with Crippen LogP contribution in [0.25, 0.3) is 10.4 Å². The largest absolute Gasteiger partial charge is 0.489 e. The van der Waals surface area contributed by atoms with Crippen molar-refractivity contribution >= 4 is 11.9 Å². The minimum absolute atomic E-state index is 0.257. The second-order valence-corrected chi connectivity index (χ2v) is 7.36. The summed E-state index contributed by atoms with van der Waals surface area (Å²) in [5, 5.41) is 6.70. The van der Waals surface area contributed by atoms with Crippen LogP contribution in [0.15, 0.2) is 59.7 Å². The maximum absolute atomic E-state index is 12.8. The first kappa shape index (κ1) is 22.2. The van der Waals surface area contributed by atoms with E-state index in [4.69, 9.17) is 15.0 Å². The lowest BCUT2D eigenvalue weighted by molar-refractivity contribution is -0.150. The van der Waals surface area contributed by atoms with E-state index in [1.165, 1.54) is 0 Å². The minimum atomic E-state index is -0.606. The van der Waals surface area contributed by atoms with Crippen LogP contribution in [-0.4, -0.2) is 30.6 Å². The second-order valence-electron chi connectivity index (χ2n) is 7.36. The Morgan fingerprint density at radius 1 is 1.13 bits per heavy atom. The molecule has 8 nitrogen and oxygen atoms in total. The quantitative estimate of drug-likeness (QED) is 0.294. The predicted molar refractivity (Wildman–Crippen MR) is 115 cm³/mol. The maximum Gasteiger partial charge on any atom is 0.311 e. The Bertz CT molecular complexity index is 926. The molecule has 1 fully saturated rings. The van der Waals surface area contributed by atoms with Crippen LogP contribution in [-0.2, 0) is 16.1 Å². The molecule has 0 heterocycles. The molecule has 31 heavy (non-hydrogen) atoms. The van der Waals surface area contributed by atoms with Crippen LogP contribution in [0.5, 0.6) is 5.75 Å². The molecule has 0 spiro atoms. The van der Waals surface area contributed by atoms with E-state index in [0.717, 1.165) is 12.0 Å². The summed E-state index contributed by atoms with van der Waals surface area (Å²) >= 11 is 0. The van der Waals surface area contributed by atoms with Gasteiger partial charge in [0.2, 0.25) is 0 Å². The van der Waals surface area contributed by atoms with E-state index in [2.05, 4.69) is 15.3 Å². The monoisotopic (exact) mass is 422 g/mol. The lowest BCUT2D eigenvalue weighted by atomic mass is 9.81. The molecule has 2 aromatic carbocycles. The first-order chi connectivity index (χ1) is 15.1. The molecule has 2 unspecified atom stereocenters. The number of benzene rings is 2. The Labute approximate surface area is 181 Å². The van der Waals surface area contributed by atoms with E-state index in [9.17, 15) is 9.59 Å². The third-order valence-electron chi connectivity index (χ3n) is 5.31. The highest BCUT2D eigenvalue weighted by atomic mass is 16.5. The number of hydrogen-bond acceptors (Lipinski definition) is 5. The Kier molecular flexibility index (Phi) is 7.90. The van der Waals surface area contributed by atoms with Gasteiger partial charge in [0, 0.05) is 10.5 Å². The standard InChI is InChI=1S/C23H26N4O4/c1-2-30-23(29)19-9-6-10-20(26-27-24)21(19)25-22(28)17-11-13-18(14-12-17)31-15-16-7-4-3-5-8-16/h3-5,7-8,11-14,19-21H,2,6,9-10,15H2,1H3,(H,25,28)/t19-,20?,21?/m0/s1. The summed E-state index contributed by atoms with van der Waals surface area (Å²) in [6.07, 6.45) is 1.91. The fourth-order valence-electron chi connectivity index (χ4n) is 3.76. The average molecular weight is 422 g/mol. The molecule has 1 saturated carbocycles. The Morgan fingerprint density at radius 2 is 1.87 bits per heavy atom. The van der Waals surface area contributed by atoms with E-state index >= 15 is 0 Å². The summed E-state index contributed by atoms with van der Waals surface area (Å²) in [4.78, 5) is 28.1. The van der Waals surface area contributed by atoms with Gasteiger partial charge in [-0.2, -0.15) is 0 Å². The fraction of sp³-hybridized carbons (Fsp3) is 0.391. The summed E-state index contributed by atoms with van der Waals surface area (Å²) in [6.45, 7) is 2.43. The fourth-order valence-corrected chi connectivity index (χ4v) is 3.76. The number of amides is 1. The molecular formula is C23H26N4O4. The second kappa shape index (κ2) is 11.0. The maximum atomic E-state index is 12.8. The summed E-state index contributed by atoms with van der Waals surface area (Å²) < 4.78 is 10.9. The van der Waals surface area contributed by atoms with Gasteiger partial charge in [0.25, 0.3) is 5.91 Å². The number of carbonyl (C=O) groups is 2. The van der Waals surface area contributed by atoms with Gasteiger partial charge in [0.1, 0.15) is 12.4 Å². The number of ether oxygens (including phenoxy) is 2. The molecule has 1 aliphatic rings. The smallest absolute Gasteiger partial charge is 0.311 e. The van der Waals surface area contributed by atoms with Gasteiger partial charge in [-0.05, 0) is 55.1 Å². The molecular weight excluding hydrogens is 396 g/mol. The van der Waals surface area contributed by atoms with Crippen molar-refractivity contribution in [3.05, 3.63) is 76.2 Å². The lowest BCUT2D eigenvalue weighted by Gasteiger charge is -2.35. The molecule has 3 rings (SSSR count). The highest BCUT2D eigenvalue weighted by Gasteiger charge is 2.39. The van der Waals surface area contributed by atoms with Crippen molar-refractivity contribution in [2.45, 2.75) is 44.9 Å². The van der Waals surface area contributed by atoms with Crippen molar-refractivity contribution in [2.75, 3.05) is 6.61 Å². The molecule has 3 atom stereocenters. The number of esters is 1. The van der Waals surface area contributed by atoms with Gasteiger partial charge in [-0.3, -0.25) is 9.59 Å². The zero-order chi connectivity index (χ0) is 22.1. The van der Waals surface area contributed by atoms with Gasteiger partial charge >= 0.3 is 5.97 Å². The molecule has 0 saturated heterocycles. The zero-order valence-corrected chi connectivity index (χ0v) is 17.4. The van der Waals surface area contributed by atoms with Gasteiger partial charge in [-0.1, -0.05) is 41.9 Å². The first-order valence-corrected chi connectivity index (χ1v) is 10.4. The first-order valence-electron chi connectivity index (χ1n) is 10.4. The van der Waals surface area contributed by atoms with Crippen molar-refractivity contribution in [3.8, 4) is 5.75 Å². The number of azide groups is 1. The van der Waals surface area contributed by atoms with Crippen LogP contribution in [0.1, 0.15) is 42.1 Å². The van der Waals surface area contributed by atoms with Crippen molar-refractivity contribution in [3.63, 3.8) is 0 Å². The molecule has 0 bridgehead atoms. The Hall–Kier alpha value is -3.51. The van der Waals surface area contributed by atoms with E-state index < -0.39 is 18.0 Å². The van der Waals surface area contributed by atoms with Gasteiger partial charge in [-0.25, -0.2) is 0 Å². The summed E-state index contributed by atoms with van der Waals surface area (Å²) in [5.74, 6) is -0.611.